The van der Waals surface area contributed by atoms with Crippen LogP contribution in [0.15, 0.2) is 84.3 Å². The van der Waals surface area contributed by atoms with Crippen molar-refractivity contribution in [3.63, 3.8) is 0 Å². The number of carbonyl (C=O) groups is 1. The molecule has 2 unspecified atom stereocenters. The topological polar surface area (TPSA) is 72.7 Å². The fraction of sp³-hybridized carbons (Fsp3) is 0.231. The van der Waals surface area contributed by atoms with Gasteiger partial charge >= 0.3 is 0 Å². The second kappa shape index (κ2) is 9.58. The molecule has 2 aromatic heterocycles. The molecular weight excluding hydrogens is 430 g/mol. The van der Waals surface area contributed by atoms with Gasteiger partial charge in [-0.05, 0) is 61.6 Å². The molecule has 0 aliphatic heterocycles. The van der Waals surface area contributed by atoms with E-state index in [-0.39, 0.29) is 17.2 Å². The van der Waals surface area contributed by atoms with Crippen molar-refractivity contribution < 1.29 is 4.79 Å². The van der Waals surface area contributed by atoms with Crippen LogP contribution in [-0.2, 0) is 11.2 Å². The quantitative estimate of drug-likeness (QED) is 0.414. The average Bonchev–Trinajstić information content (AvgIpc) is 3.28. The first-order valence-electron chi connectivity index (χ1n) is 11.2. The molecule has 0 saturated heterocycles. The smallest absolute Gasteiger partial charge is 0.233 e. The molecule has 2 heterocycles. The summed E-state index contributed by atoms with van der Waals surface area (Å²) in [4.78, 5) is 17.4. The van der Waals surface area contributed by atoms with E-state index < -0.39 is 0 Å². The molecule has 0 saturated carbocycles. The normalized spacial score (nSPS) is 16.1. The molecule has 0 radical (unpaired) electrons. The van der Waals surface area contributed by atoms with Gasteiger partial charge in [0.15, 0.2) is 11.0 Å². The third-order valence-electron chi connectivity index (χ3n) is 5.90. The number of nitrogens with zero attached hydrogens (tertiary/aromatic N) is 4. The molecule has 4 aromatic rings. The third-order valence-corrected chi connectivity index (χ3v) is 6.95. The van der Waals surface area contributed by atoms with Crippen molar-refractivity contribution in [2.75, 3.05) is 0 Å². The number of amides is 1. The molecule has 1 aliphatic rings. The van der Waals surface area contributed by atoms with E-state index in [2.05, 4.69) is 38.7 Å². The number of nitrogens with one attached hydrogen (secondary N) is 1. The molecule has 0 bridgehead atoms. The van der Waals surface area contributed by atoms with Crippen molar-refractivity contribution in [2.45, 2.75) is 42.6 Å². The maximum Gasteiger partial charge on any atom is 0.233 e. The minimum atomic E-state index is -0.326. The first kappa shape index (κ1) is 21.4. The lowest BCUT2D eigenvalue weighted by Crippen LogP contribution is -2.36. The molecule has 2 aromatic carbocycles. The van der Waals surface area contributed by atoms with Crippen molar-refractivity contribution in [1.29, 1.82) is 0 Å². The molecule has 1 aliphatic carbocycles. The van der Waals surface area contributed by atoms with Crippen LogP contribution in [0, 0.1) is 0 Å². The van der Waals surface area contributed by atoms with Crippen LogP contribution in [0.5, 0.6) is 0 Å². The summed E-state index contributed by atoms with van der Waals surface area (Å²) in [5.41, 5.74) is 4.38. The Balaban J connectivity index is 1.39. The minimum Gasteiger partial charge on any atom is -0.348 e. The number of aryl methyl sites for hydroxylation is 1. The lowest BCUT2D eigenvalue weighted by molar-refractivity contribution is -0.121. The molecule has 6 nitrogen and oxygen atoms in total. The van der Waals surface area contributed by atoms with Gasteiger partial charge in [0.1, 0.15) is 0 Å². The van der Waals surface area contributed by atoms with Crippen LogP contribution in [0.25, 0.3) is 17.1 Å². The van der Waals surface area contributed by atoms with Crippen LogP contribution in [-0.4, -0.2) is 30.9 Å². The van der Waals surface area contributed by atoms with Gasteiger partial charge in [-0.3, -0.25) is 14.3 Å². The summed E-state index contributed by atoms with van der Waals surface area (Å²) < 4.78 is 1.99. The standard InChI is InChI=1S/C26H25N5OS/c1-18(25(32)28-23-15-7-10-19-9-5-6-14-22(19)23)33-26-30-29-24(20-11-8-16-27-17-20)31(26)21-12-3-2-4-13-21/h2-6,8-9,11-14,16-18,23H,7,10,15H2,1H3,(H,28,32). The van der Waals surface area contributed by atoms with E-state index in [9.17, 15) is 4.79 Å². The van der Waals surface area contributed by atoms with Gasteiger partial charge in [-0.1, -0.05) is 54.2 Å². The Hall–Kier alpha value is -3.45. The SMILES string of the molecule is CC(Sc1nnc(-c2cccnc2)n1-c1ccccc1)C(=O)NC1CCCc2ccccc21. The van der Waals surface area contributed by atoms with Crippen molar-refractivity contribution in [3.05, 3.63) is 90.3 Å². The number of hydrogen-bond acceptors (Lipinski definition) is 5. The average molecular weight is 456 g/mol. The van der Waals surface area contributed by atoms with Crippen LogP contribution in [0.3, 0.4) is 0 Å². The zero-order valence-electron chi connectivity index (χ0n) is 18.4. The van der Waals surface area contributed by atoms with E-state index in [4.69, 9.17) is 0 Å². The number of para-hydroxylation sites is 1. The monoisotopic (exact) mass is 455 g/mol. The summed E-state index contributed by atoms with van der Waals surface area (Å²) in [6.45, 7) is 1.92. The van der Waals surface area contributed by atoms with Gasteiger partial charge in [0.2, 0.25) is 5.91 Å². The van der Waals surface area contributed by atoms with Gasteiger partial charge in [-0.2, -0.15) is 0 Å². The zero-order chi connectivity index (χ0) is 22.6. The van der Waals surface area contributed by atoms with Gasteiger partial charge in [-0.25, -0.2) is 0 Å². The zero-order valence-corrected chi connectivity index (χ0v) is 19.2. The number of carbonyl (C=O) groups excluding carboxylic acids is 1. The highest BCUT2D eigenvalue weighted by molar-refractivity contribution is 8.00. The fourth-order valence-corrected chi connectivity index (χ4v) is 5.12. The number of pyridine rings is 1. The Morgan fingerprint density at radius 3 is 2.70 bits per heavy atom. The summed E-state index contributed by atoms with van der Waals surface area (Å²) >= 11 is 1.42. The predicted molar refractivity (Wildman–Crippen MR) is 130 cm³/mol. The molecule has 0 fully saturated rings. The van der Waals surface area contributed by atoms with Gasteiger partial charge in [-0.15, -0.1) is 10.2 Å². The van der Waals surface area contributed by atoms with Crippen LogP contribution in [0.1, 0.15) is 36.9 Å². The van der Waals surface area contributed by atoms with E-state index in [1.807, 2.05) is 60.0 Å². The molecule has 33 heavy (non-hydrogen) atoms. The fourth-order valence-electron chi connectivity index (χ4n) is 4.24. The Morgan fingerprint density at radius 1 is 1.06 bits per heavy atom. The number of hydrogen-bond donors (Lipinski definition) is 1. The first-order chi connectivity index (χ1) is 16.2. The van der Waals surface area contributed by atoms with Gasteiger partial charge in [0, 0.05) is 23.6 Å². The maximum absolute atomic E-state index is 13.2. The predicted octanol–water partition coefficient (Wildman–Crippen LogP) is 5.00. The van der Waals surface area contributed by atoms with Gasteiger partial charge in [0.05, 0.1) is 11.3 Å². The lowest BCUT2D eigenvalue weighted by Gasteiger charge is -2.27. The second-order valence-electron chi connectivity index (χ2n) is 8.13. The van der Waals surface area contributed by atoms with Crippen LogP contribution < -0.4 is 5.32 Å². The van der Waals surface area contributed by atoms with E-state index >= 15 is 0 Å². The van der Waals surface area contributed by atoms with Gasteiger partial charge < -0.3 is 5.32 Å². The highest BCUT2D eigenvalue weighted by atomic mass is 32.2. The van der Waals surface area contributed by atoms with Crippen LogP contribution in [0.4, 0.5) is 0 Å². The number of thioether (sulfide) groups is 1. The summed E-state index contributed by atoms with van der Waals surface area (Å²) in [6.07, 6.45) is 6.63. The van der Waals surface area contributed by atoms with Crippen molar-refractivity contribution in [2.24, 2.45) is 0 Å². The Bertz CT molecular complexity index is 1240. The van der Waals surface area contributed by atoms with Crippen molar-refractivity contribution >= 4 is 17.7 Å². The highest BCUT2D eigenvalue weighted by Gasteiger charge is 2.26. The molecule has 0 spiro atoms. The van der Waals surface area contributed by atoms with E-state index in [0.29, 0.717) is 11.0 Å². The number of benzene rings is 2. The summed E-state index contributed by atoms with van der Waals surface area (Å²) in [5.74, 6) is 0.706. The Kier molecular flexibility index (Phi) is 6.21. The van der Waals surface area contributed by atoms with Crippen LogP contribution >= 0.6 is 11.8 Å². The maximum atomic E-state index is 13.2. The molecule has 166 valence electrons. The Labute approximate surface area is 197 Å². The first-order valence-corrected chi connectivity index (χ1v) is 12.0. The number of rotatable bonds is 6. The molecule has 7 heteroatoms. The summed E-state index contributed by atoms with van der Waals surface area (Å²) in [7, 11) is 0. The van der Waals surface area contributed by atoms with Gasteiger partial charge in [0.25, 0.3) is 0 Å². The lowest BCUT2D eigenvalue weighted by atomic mass is 9.88. The van der Waals surface area contributed by atoms with Crippen LogP contribution in [0.2, 0.25) is 0 Å². The second-order valence-corrected chi connectivity index (χ2v) is 9.44. The van der Waals surface area contributed by atoms with E-state index in [1.165, 1.54) is 22.9 Å². The largest absolute Gasteiger partial charge is 0.348 e. The minimum absolute atomic E-state index is 0.00671. The molecular formula is C26H25N5OS. The highest BCUT2D eigenvalue weighted by Crippen LogP contribution is 2.32. The Morgan fingerprint density at radius 2 is 1.88 bits per heavy atom. The molecule has 1 amide bonds. The number of fused-ring (bicyclic) bond motifs is 1. The third kappa shape index (κ3) is 4.54. The summed E-state index contributed by atoms with van der Waals surface area (Å²) in [5, 5.41) is 12.5. The number of aromatic nitrogens is 4. The molecule has 5 rings (SSSR count). The molecule has 1 N–H and O–H groups in total. The van der Waals surface area contributed by atoms with Crippen molar-refractivity contribution in [3.8, 4) is 17.1 Å². The molecule has 2 atom stereocenters. The van der Waals surface area contributed by atoms with E-state index in [1.54, 1.807) is 12.4 Å². The van der Waals surface area contributed by atoms with E-state index in [0.717, 1.165) is 30.5 Å². The van der Waals surface area contributed by atoms with Crippen molar-refractivity contribution in [1.82, 2.24) is 25.1 Å². The summed E-state index contributed by atoms with van der Waals surface area (Å²) in [6, 6.07) is 22.3.